The minimum Gasteiger partial charge on any atom is -0.374 e. The molecule has 3 aromatic carbocycles. The zero-order chi connectivity index (χ0) is 19.8. The minimum absolute atomic E-state index is 0.0423. The summed E-state index contributed by atoms with van der Waals surface area (Å²) in [7, 11) is 2.00. The maximum Gasteiger partial charge on any atom is 0.224 e. The van der Waals surface area contributed by atoms with Crippen LogP contribution in [0.15, 0.2) is 66.7 Å². The predicted molar refractivity (Wildman–Crippen MR) is 115 cm³/mol. The molecule has 144 valence electrons. The summed E-state index contributed by atoms with van der Waals surface area (Å²) in [4.78, 5) is 24.9. The highest BCUT2D eigenvalue weighted by molar-refractivity contribution is 5.89. The second kappa shape index (κ2) is 9.70. The lowest BCUT2D eigenvalue weighted by Crippen LogP contribution is -2.27. The lowest BCUT2D eigenvalue weighted by atomic mass is 10.0. The van der Waals surface area contributed by atoms with Gasteiger partial charge in [-0.2, -0.15) is 0 Å². The van der Waals surface area contributed by atoms with Gasteiger partial charge in [-0.15, -0.1) is 0 Å². The first kappa shape index (κ1) is 19.6. The molecule has 0 heterocycles. The molecule has 1 N–H and O–H groups in total. The summed E-state index contributed by atoms with van der Waals surface area (Å²) in [6.45, 7) is 1.31. The van der Waals surface area contributed by atoms with E-state index >= 15 is 0 Å². The van der Waals surface area contributed by atoms with Crippen LogP contribution in [0.25, 0.3) is 10.8 Å². The number of nitrogens with one attached hydrogen (secondary N) is 1. The van der Waals surface area contributed by atoms with E-state index < -0.39 is 0 Å². The minimum atomic E-state index is 0.0423. The third-order valence-corrected chi connectivity index (χ3v) is 4.90. The maximum absolute atomic E-state index is 12.2. The van der Waals surface area contributed by atoms with E-state index in [0.717, 1.165) is 24.0 Å². The van der Waals surface area contributed by atoms with E-state index in [-0.39, 0.29) is 5.91 Å². The molecule has 0 saturated carbocycles. The summed E-state index contributed by atoms with van der Waals surface area (Å²) >= 11 is 0. The van der Waals surface area contributed by atoms with Crippen LogP contribution in [0, 0.1) is 0 Å². The van der Waals surface area contributed by atoms with Crippen molar-refractivity contribution in [3.05, 3.63) is 77.9 Å². The Hall–Kier alpha value is -3.14. The summed E-state index contributed by atoms with van der Waals surface area (Å²) in [5, 5.41) is 5.39. The van der Waals surface area contributed by atoms with Gasteiger partial charge in [-0.1, -0.05) is 54.6 Å². The molecule has 0 atom stereocenters. The van der Waals surface area contributed by atoms with E-state index in [2.05, 4.69) is 46.6 Å². The molecule has 0 saturated heterocycles. The van der Waals surface area contributed by atoms with E-state index in [1.165, 1.54) is 16.3 Å². The van der Waals surface area contributed by atoms with Crippen LogP contribution in [-0.2, 0) is 22.4 Å². The number of aldehydes is 1. The van der Waals surface area contributed by atoms with Crippen molar-refractivity contribution in [3.8, 4) is 0 Å². The molecule has 0 aliphatic carbocycles. The molecule has 3 aromatic rings. The summed E-state index contributed by atoms with van der Waals surface area (Å²) in [6, 6.07) is 22.4. The molecule has 0 bridgehead atoms. The van der Waals surface area contributed by atoms with E-state index in [1.54, 1.807) is 0 Å². The Morgan fingerprint density at radius 2 is 1.86 bits per heavy atom. The van der Waals surface area contributed by atoms with Gasteiger partial charge in [-0.25, -0.2) is 0 Å². The Bertz CT molecular complexity index is 938. The van der Waals surface area contributed by atoms with Crippen molar-refractivity contribution in [2.75, 3.05) is 25.0 Å². The van der Waals surface area contributed by atoms with Crippen molar-refractivity contribution >= 4 is 28.7 Å². The molecule has 0 aromatic heterocycles. The molecule has 0 fully saturated rings. The molecule has 4 nitrogen and oxygen atoms in total. The normalized spacial score (nSPS) is 10.6. The number of carbonyl (C=O) groups excluding carboxylic acids is 2. The fraction of sp³-hybridized carbons (Fsp3) is 0.250. The lowest BCUT2D eigenvalue weighted by molar-refractivity contribution is -0.120. The molecular formula is C24H26N2O2. The van der Waals surface area contributed by atoms with Crippen LogP contribution in [0.4, 0.5) is 5.69 Å². The van der Waals surface area contributed by atoms with Gasteiger partial charge in [-0.3, -0.25) is 4.79 Å². The number of anilines is 1. The first-order valence-electron chi connectivity index (χ1n) is 9.64. The molecule has 1 amide bonds. The van der Waals surface area contributed by atoms with Crippen molar-refractivity contribution in [1.29, 1.82) is 0 Å². The highest BCUT2D eigenvalue weighted by atomic mass is 16.1. The quantitative estimate of drug-likeness (QED) is 0.580. The Morgan fingerprint density at radius 1 is 1.04 bits per heavy atom. The second-order valence-electron chi connectivity index (χ2n) is 6.96. The fourth-order valence-corrected chi connectivity index (χ4v) is 3.34. The van der Waals surface area contributed by atoms with Gasteiger partial charge in [-0.05, 0) is 40.5 Å². The molecule has 28 heavy (non-hydrogen) atoms. The smallest absolute Gasteiger partial charge is 0.224 e. The van der Waals surface area contributed by atoms with E-state index in [9.17, 15) is 9.59 Å². The molecule has 0 spiro atoms. The first-order chi connectivity index (χ1) is 13.7. The first-order valence-corrected chi connectivity index (χ1v) is 9.64. The van der Waals surface area contributed by atoms with Gasteiger partial charge < -0.3 is 15.0 Å². The summed E-state index contributed by atoms with van der Waals surface area (Å²) in [5.74, 6) is 0.0423. The SMILES string of the molecule is CN(CCC=O)c1ccc2cccc(CCNC(=O)Cc3ccccc3)c2c1. The molecule has 0 aliphatic rings. The molecule has 0 unspecified atom stereocenters. The number of hydrogen-bond donors (Lipinski definition) is 1. The summed E-state index contributed by atoms with van der Waals surface area (Å²) < 4.78 is 0. The number of hydrogen-bond acceptors (Lipinski definition) is 3. The van der Waals surface area contributed by atoms with Crippen molar-refractivity contribution in [2.45, 2.75) is 19.3 Å². The lowest BCUT2D eigenvalue weighted by Gasteiger charge is -2.19. The largest absolute Gasteiger partial charge is 0.374 e. The number of benzene rings is 3. The zero-order valence-corrected chi connectivity index (χ0v) is 16.2. The van der Waals surface area contributed by atoms with E-state index in [1.807, 2.05) is 37.4 Å². The molecule has 3 rings (SSSR count). The highest BCUT2D eigenvalue weighted by Crippen LogP contribution is 2.25. The Morgan fingerprint density at radius 3 is 2.64 bits per heavy atom. The third-order valence-electron chi connectivity index (χ3n) is 4.90. The fourth-order valence-electron chi connectivity index (χ4n) is 3.34. The van der Waals surface area contributed by atoms with Crippen LogP contribution in [0.2, 0.25) is 0 Å². The van der Waals surface area contributed by atoms with Gasteiger partial charge >= 0.3 is 0 Å². The van der Waals surface area contributed by atoms with Crippen LogP contribution < -0.4 is 10.2 Å². The van der Waals surface area contributed by atoms with Crippen molar-refractivity contribution in [2.24, 2.45) is 0 Å². The van der Waals surface area contributed by atoms with Gasteiger partial charge in [0.25, 0.3) is 0 Å². The van der Waals surface area contributed by atoms with Gasteiger partial charge in [0.15, 0.2) is 0 Å². The molecular weight excluding hydrogens is 348 g/mol. The third kappa shape index (κ3) is 5.19. The highest BCUT2D eigenvalue weighted by Gasteiger charge is 2.07. The van der Waals surface area contributed by atoms with Gasteiger partial charge in [0.2, 0.25) is 5.91 Å². The Kier molecular flexibility index (Phi) is 6.79. The van der Waals surface area contributed by atoms with Gasteiger partial charge in [0, 0.05) is 32.2 Å². The Labute approximate surface area is 166 Å². The van der Waals surface area contributed by atoms with Crippen LogP contribution >= 0.6 is 0 Å². The average molecular weight is 374 g/mol. The zero-order valence-electron chi connectivity index (χ0n) is 16.2. The number of fused-ring (bicyclic) bond motifs is 1. The van der Waals surface area contributed by atoms with E-state index in [4.69, 9.17) is 0 Å². The average Bonchev–Trinajstić information content (AvgIpc) is 2.72. The topological polar surface area (TPSA) is 49.4 Å². The number of nitrogens with zero attached hydrogens (tertiary/aromatic N) is 1. The predicted octanol–water partition coefficient (Wildman–Crippen LogP) is 3.77. The number of rotatable bonds is 9. The second-order valence-corrected chi connectivity index (χ2v) is 6.96. The Balaban J connectivity index is 1.65. The number of carbonyl (C=O) groups is 2. The molecule has 0 radical (unpaired) electrons. The number of amides is 1. The van der Waals surface area contributed by atoms with Gasteiger partial charge in [0.1, 0.15) is 6.29 Å². The maximum atomic E-state index is 12.2. The molecule has 0 aliphatic heterocycles. The monoisotopic (exact) mass is 374 g/mol. The van der Waals surface area contributed by atoms with E-state index in [0.29, 0.717) is 25.9 Å². The van der Waals surface area contributed by atoms with Crippen LogP contribution in [0.3, 0.4) is 0 Å². The standard InChI is InChI=1S/C24H26N2O2/c1-26(15-6-16-27)22-12-11-20-9-5-10-21(23(20)18-22)13-14-25-24(28)17-19-7-3-2-4-8-19/h2-5,7-12,16,18H,6,13-15,17H2,1H3,(H,25,28). The van der Waals surface area contributed by atoms with Crippen molar-refractivity contribution in [1.82, 2.24) is 5.32 Å². The van der Waals surface area contributed by atoms with Crippen molar-refractivity contribution in [3.63, 3.8) is 0 Å². The van der Waals surface area contributed by atoms with Gasteiger partial charge in [0.05, 0.1) is 6.42 Å². The summed E-state index contributed by atoms with van der Waals surface area (Å²) in [5.41, 5.74) is 3.33. The summed E-state index contributed by atoms with van der Waals surface area (Å²) in [6.07, 6.45) is 2.64. The van der Waals surface area contributed by atoms with Crippen molar-refractivity contribution < 1.29 is 9.59 Å². The van der Waals surface area contributed by atoms with Crippen LogP contribution in [-0.4, -0.2) is 32.3 Å². The molecule has 4 heteroatoms. The van der Waals surface area contributed by atoms with Crippen LogP contribution in [0.5, 0.6) is 0 Å². The van der Waals surface area contributed by atoms with Crippen LogP contribution in [0.1, 0.15) is 17.5 Å².